The van der Waals surface area contributed by atoms with E-state index in [1.807, 2.05) is 12.4 Å². The molecule has 0 atom stereocenters. The Morgan fingerprint density at radius 1 is 0.500 bits per heavy atom. The summed E-state index contributed by atoms with van der Waals surface area (Å²) in [5, 5.41) is 16.0. The maximum atomic E-state index is 4.40. The van der Waals surface area contributed by atoms with Gasteiger partial charge in [-0.15, -0.1) is 0 Å². The third kappa shape index (κ3) is 3.05. The molecule has 0 saturated heterocycles. The summed E-state index contributed by atoms with van der Waals surface area (Å²) in [5.74, 6) is 0. The molecule has 0 N–H and O–H groups in total. The molecule has 9 rings (SSSR count). The van der Waals surface area contributed by atoms with Crippen molar-refractivity contribution in [3.63, 3.8) is 0 Å². The molecular formula is C39H27N3. The summed E-state index contributed by atoms with van der Waals surface area (Å²) in [6.07, 6.45) is 3.87. The predicted octanol–water partition coefficient (Wildman–Crippen LogP) is 9.85. The van der Waals surface area contributed by atoms with Crippen LogP contribution in [0.15, 0.2) is 128 Å². The van der Waals surface area contributed by atoms with Gasteiger partial charge in [-0.2, -0.15) is 10.2 Å². The van der Waals surface area contributed by atoms with E-state index in [-0.39, 0.29) is 5.41 Å². The normalized spacial score (nSPS) is 13.7. The average molecular weight is 538 g/mol. The van der Waals surface area contributed by atoms with Gasteiger partial charge in [0.1, 0.15) is 0 Å². The highest BCUT2D eigenvalue weighted by Crippen LogP contribution is 2.52. The maximum Gasteiger partial charge on any atom is 0.0596 e. The van der Waals surface area contributed by atoms with Crippen molar-refractivity contribution < 1.29 is 0 Å². The maximum absolute atomic E-state index is 4.40. The van der Waals surface area contributed by atoms with Gasteiger partial charge in [0.05, 0.1) is 29.1 Å². The third-order valence-electron chi connectivity index (χ3n) is 9.36. The van der Waals surface area contributed by atoms with Gasteiger partial charge < -0.3 is 4.57 Å². The van der Waals surface area contributed by atoms with Crippen LogP contribution in [0.2, 0.25) is 0 Å². The Morgan fingerprint density at radius 3 is 2.02 bits per heavy atom. The van der Waals surface area contributed by atoms with E-state index in [1.54, 1.807) is 0 Å². The molecule has 6 aromatic carbocycles. The van der Waals surface area contributed by atoms with Gasteiger partial charge in [-0.3, -0.25) is 0 Å². The highest BCUT2D eigenvalue weighted by molar-refractivity contribution is 6.15. The van der Waals surface area contributed by atoms with Crippen molar-refractivity contribution in [2.24, 2.45) is 0 Å². The number of benzene rings is 6. The van der Waals surface area contributed by atoms with Gasteiger partial charge >= 0.3 is 0 Å². The van der Waals surface area contributed by atoms with Gasteiger partial charge in [0.2, 0.25) is 0 Å². The molecule has 1 aliphatic carbocycles. The predicted molar refractivity (Wildman–Crippen MR) is 174 cm³/mol. The zero-order valence-electron chi connectivity index (χ0n) is 23.5. The van der Waals surface area contributed by atoms with Gasteiger partial charge in [-0.05, 0) is 68.4 Å². The number of hydrogen-bond donors (Lipinski definition) is 0. The molecule has 8 aromatic rings. The van der Waals surface area contributed by atoms with E-state index in [1.165, 1.54) is 66.0 Å². The first-order chi connectivity index (χ1) is 20.6. The molecule has 0 spiro atoms. The number of nitrogens with zero attached hydrogens (tertiary/aromatic N) is 3. The molecule has 3 nitrogen and oxygen atoms in total. The highest BCUT2D eigenvalue weighted by atomic mass is 15.1. The molecule has 1 aliphatic rings. The second-order valence-corrected chi connectivity index (χ2v) is 11.9. The van der Waals surface area contributed by atoms with Crippen LogP contribution in [0.1, 0.15) is 25.0 Å². The molecule has 0 radical (unpaired) electrons. The minimum Gasteiger partial charge on any atom is -0.309 e. The van der Waals surface area contributed by atoms with Gasteiger partial charge in [0.15, 0.2) is 0 Å². The highest BCUT2D eigenvalue weighted by Gasteiger charge is 2.37. The molecular weight excluding hydrogens is 510 g/mol. The third-order valence-corrected chi connectivity index (χ3v) is 9.36. The van der Waals surface area contributed by atoms with Crippen molar-refractivity contribution in [2.45, 2.75) is 19.3 Å². The minimum atomic E-state index is -0.109. The van der Waals surface area contributed by atoms with Crippen LogP contribution >= 0.6 is 0 Å². The second-order valence-electron chi connectivity index (χ2n) is 11.9. The van der Waals surface area contributed by atoms with Crippen LogP contribution in [0.3, 0.4) is 0 Å². The summed E-state index contributed by atoms with van der Waals surface area (Å²) < 4.78 is 2.40. The fourth-order valence-corrected chi connectivity index (χ4v) is 7.50. The smallest absolute Gasteiger partial charge is 0.0596 e. The van der Waals surface area contributed by atoms with Crippen molar-refractivity contribution >= 4 is 43.4 Å². The van der Waals surface area contributed by atoms with Gasteiger partial charge in [0.25, 0.3) is 0 Å². The topological polar surface area (TPSA) is 30.7 Å². The Labute approximate surface area is 243 Å². The molecule has 3 heteroatoms. The first kappa shape index (κ1) is 23.4. The lowest BCUT2D eigenvalue weighted by atomic mass is 9.78. The van der Waals surface area contributed by atoms with Crippen molar-refractivity contribution in [2.75, 3.05) is 0 Å². The van der Waals surface area contributed by atoms with E-state index in [9.17, 15) is 0 Å². The fourth-order valence-electron chi connectivity index (χ4n) is 7.50. The van der Waals surface area contributed by atoms with Crippen molar-refractivity contribution in [3.8, 4) is 27.9 Å². The Balaban J connectivity index is 1.35. The summed E-state index contributed by atoms with van der Waals surface area (Å²) >= 11 is 0. The van der Waals surface area contributed by atoms with Crippen LogP contribution in [0.25, 0.3) is 71.3 Å². The molecule has 0 bridgehead atoms. The Hall–Kier alpha value is -5.28. The molecule has 0 aliphatic heterocycles. The lowest BCUT2D eigenvalue weighted by Crippen LogP contribution is -2.16. The molecule has 0 fully saturated rings. The number of para-hydroxylation sites is 1. The number of rotatable bonds is 2. The lowest BCUT2D eigenvalue weighted by Gasteiger charge is -2.25. The van der Waals surface area contributed by atoms with Crippen LogP contribution in [0.5, 0.6) is 0 Å². The van der Waals surface area contributed by atoms with Crippen LogP contribution < -0.4 is 0 Å². The van der Waals surface area contributed by atoms with Crippen LogP contribution in [0.4, 0.5) is 0 Å². The molecule has 2 aromatic heterocycles. The van der Waals surface area contributed by atoms with E-state index >= 15 is 0 Å². The van der Waals surface area contributed by atoms with Gasteiger partial charge in [-0.1, -0.05) is 105 Å². The zero-order valence-corrected chi connectivity index (χ0v) is 23.5. The van der Waals surface area contributed by atoms with Crippen molar-refractivity contribution in [1.82, 2.24) is 14.8 Å². The molecule has 198 valence electrons. The van der Waals surface area contributed by atoms with E-state index in [4.69, 9.17) is 0 Å². The standard InChI is InChI=1S/C39H27N3/c1-39(2)34-16-7-5-12-27(34)30-15-9-14-29(38(30)39)26-18-19-36(33-23-41-40-22-32(26)33)42-35-17-8-6-13-28(35)31-20-24-10-3-4-11-25(24)21-37(31)42/h3-23H,1-2H3. The first-order valence-corrected chi connectivity index (χ1v) is 14.5. The number of hydrogen-bond acceptors (Lipinski definition) is 2. The minimum absolute atomic E-state index is 0.109. The summed E-state index contributed by atoms with van der Waals surface area (Å²) in [5.41, 5.74) is 11.2. The number of aromatic nitrogens is 3. The summed E-state index contributed by atoms with van der Waals surface area (Å²) in [6.45, 7) is 4.69. The van der Waals surface area contributed by atoms with Crippen LogP contribution in [-0.2, 0) is 5.41 Å². The molecule has 0 amide bonds. The number of fused-ring (bicyclic) bond motifs is 8. The van der Waals surface area contributed by atoms with E-state index in [0.29, 0.717) is 0 Å². The first-order valence-electron chi connectivity index (χ1n) is 14.5. The molecule has 2 heterocycles. The monoisotopic (exact) mass is 537 g/mol. The van der Waals surface area contributed by atoms with Crippen molar-refractivity contribution in [1.29, 1.82) is 0 Å². The Morgan fingerprint density at radius 2 is 1.17 bits per heavy atom. The second kappa shape index (κ2) is 8.37. The SMILES string of the molecule is CC1(C)c2ccccc2-c2cccc(-c3ccc(-n4c5ccccc5c5cc6ccccc6cc54)c4cnncc34)c21. The lowest BCUT2D eigenvalue weighted by molar-refractivity contribution is 0.662. The summed E-state index contributed by atoms with van der Waals surface area (Å²) in [4.78, 5) is 0. The summed E-state index contributed by atoms with van der Waals surface area (Å²) in [6, 6.07) is 42.1. The van der Waals surface area contributed by atoms with Gasteiger partial charge in [-0.25, -0.2) is 0 Å². The Kier molecular flexibility index (Phi) is 4.67. The van der Waals surface area contributed by atoms with Crippen LogP contribution in [0, 0.1) is 0 Å². The molecule has 0 saturated carbocycles. The quantitative estimate of drug-likeness (QED) is 0.220. The van der Waals surface area contributed by atoms with Crippen LogP contribution in [-0.4, -0.2) is 14.8 Å². The largest absolute Gasteiger partial charge is 0.309 e. The average Bonchev–Trinajstić information content (AvgIpc) is 3.48. The van der Waals surface area contributed by atoms with E-state index in [0.717, 1.165) is 16.5 Å². The zero-order chi connectivity index (χ0) is 28.0. The summed E-state index contributed by atoms with van der Waals surface area (Å²) in [7, 11) is 0. The Bertz CT molecular complexity index is 2390. The molecule has 42 heavy (non-hydrogen) atoms. The van der Waals surface area contributed by atoms with Crippen molar-refractivity contribution in [3.05, 3.63) is 139 Å². The van der Waals surface area contributed by atoms with E-state index < -0.39 is 0 Å². The fraction of sp³-hybridized carbons (Fsp3) is 0.0769. The van der Waals surface area contributed by atoms with E-state index in [2.05, 4.69) is 144 Å². The molecule has 0 unspecified atom stereocenters. The van der Waals surface area contributed by atoms with Gasteiger partial charge in [0, 0.05) is 27.0 Å².